The normalized spacial score (nSPS) is 31.0. The van der Waals surface area contributed by atoms with Crippen molar-refractivity contribution >= 4 is 24.7 Å². The highest BCUT2D eigenvalue weighted by Crippen LogP contribution is 2.56. The van der Waals surface area contributed by atoms with E-state index in [1.54, 1.807) is 10.4 Å². The van der Waals surface area contributed by atoms with E-state index in [0.717, 1.165) is 0 Å². The van der Waals surface area contributed by atoms with Gasteiger partial charge in [0.1, 0.15) is 8.07 Å². The van der Waals surface area contributed by atoms with E-state index in [4.69, 9.17) is 4.12 Å². The van der Waals surface area contributed by atoms with E-state index in [2.05, 4.69) is 105 Å². The van der Waals surface area contributed by atoms with Gasteiger partial charge >= 0.3 is 0 Å². The van der Waals surface area contributed by atoms with Crippen LogP contribution in [-0.4, -0.2) is 24.7 Å². The zero-order valence-corrected chi connectivity index (χ0v) is 23.4. The van der Waals surface area contributed by atoms with Crippen LogP contribution in [0.15, 0.2) is 45.8 Å². The third kappa shape index (κ3) is 3.59. The lowest BCUT2D eigenvalue weighted by atomic mass is 9.87. The molecule has 3 aliphatic rings. The van der Waals surface area contributed by atoms with Gasteiger partial charge in [-0.25, -0.2) is 0 Å². The van der Waals surface area contributed by atoms with Crippen molar-refractivity contribution in [3.63, 3.8) is 0 Å². The molecular weight excluding hydrogens is 389 g/mol. The third-order valence-corrected chi connectivity index (χ3v) is 19.7. The van der Waals surface area contributed by atoms with Crippen molar-refractivity contribution in [2.45, 2.75) is 91.9 Å². The molecule has 0 aromatic heterocycles. The van der Waals surface area contributed by atoms with Crippen LogP contribution in [0.4, 0.5) is 0 Å². The van der Waals surface area contributed by atoms with Crippen LogP contribution >= 0.6 is 0 Å². The first-order chi connectivity index (χ1) is 12.4. The van der Waals surface area contributed by atoms with Gasteiger partial charge in [-0.1, -0.05) is 89.3 Å². The summed E-state index contributed by atoms with van der Waals surface area (Å²) in [7, 11) is -5.51. The smallest absolute Gasteiger partial charge is 0.184 e. The van der Waals surface area contributed by atoms with Gasteiger partial charge < -0.3 is 4.12 Å². The van der Waals surface area contributed by atoms with E-state index in [0.29, 0.717) is 11.1 Å². The minimum atomic E-state index is -1.88. The zero-order chi connectivity index (χ0) is 21.5. The van der Waals surface area contributed by atoms with Crippen LogP contribution in [0.3, 0.4) is 0 Å². The predicted octanol–water partition coefficient (Wildman–Crippen LogP) is 7.78. The second-order valence-electron chi connectivity index (χ2n) is 12.8. The SMILES string of the molecule is CC(C)(C)C1=CC2C(=C1)[Si](C)(C)C1=CC(C(C)(C)C)=CC1[Si](C)(C)O[Si]2(C)C. The Labute approximate surface area is 177 Å². The standard InChI is InChI=1S/C24H42OSi3/c1-23(2,3)17-13-19-21(15-17)27(9,10)25-28(11,12)22-16-18(24(4,5)6)14-20(22)26(19,7)8/h13-16,21-22H,1-12H3. The summed E-state index contributed by atoms with van der Waals surface area (Å²) in [6.07, 6.45) is 10.4. The molecule has 1 fully saturated rings. The monoisotopic (exact) mass is 430 g/mol. The average molecular weight is 431 g/mol. The van der Waals surface area contributed by atoms with E-state index >= 15 is 0 Å². The second kappa shape index (κ2) is 6.29. The highest BCUT2D eigenvalue weighted by atomic mass is 28.4. The summed E-state index contributed by atoms with van der Waals surface area (Å²) < 4.78 is 7.24. The van der Waals surface area contributed by atoms with Crippen LogP contribution in [0, 0.1) is 10.8 Å². The molecule has 1 aliphatic heterocycles. The highest BCUT2D eigenvalue weighted by Gasteiger charge is 2.55. The topological polar surface area (TPSA) is 9.23 Å². The maximum Gasteiger partial charge on any atom is 0.184 e. The van der Waals surface area contributed by atoms with Gasteiger partial charge in [0.2, 0.25) is 0 Å². The van der Waals surface area contributed by atoms with Crippen molar-refractivity contribution in [3.05, 3.63) is 45.8 Å². The van der Waals surface area contributed by atoms with Gasteiger partial charge in [-0.2, -0.15) is 0 Å². The molecule has 2 unspecified atom stereocenters. The fourth-order valence-corrected chi connectivity index (χ4v) is 21.9. The third-order valence-electron chi connectivity index (χ3n) is 7.18. The lowest BCUT2D eigenvalue weighted by Gasteiger charge is -2.48. The Morgan fingerprint density at radius 3 is 1.25 bits per heavy atom. The molecule has 1 saturated heterocycles. The summed E-state index contributed by atoms with van der Waals surface area (Å²) in [4.78, 5) is 0. The summed E-state index contributed by atoms with van der Waals surface area (Å²) in [5, 5.41) is 3.47. The van der Waals surface area contributed by atoms with E-state index in [9.17, 15) is 0 Å². The fourth-order valence-electron chi connectivity index (χ4n) is 5.34. The van der Waals surface area contributed by atoms with Gasteiger partial charge in [0.05, 0.1) is 0 Å². The average Bonchev–Trinajstić information content (AvgIpc) is 3.10. The van der Waals surface area contributed by atoms with Crippen LogP contribution in [0.2, 0.25) is 50.4 Å². The number of fused-ring (bicyclic) bond motifs is 2. The summed E-state index contributed by atoms with van der Waals surface area (Å²) >= 11 is 0. The maximum atomic E-state index is 7.24. The van der Waals surface area contributed by atoms with Crippen LogP contribution in [0.1, 0.15) is 41.5 Å². The van der Waals surface area contributed by atoms with Crippen LogP contribution in [0.5, 0.6) is 0 Å². The molecule has 4 heteroatoms. The van der Waals surface area contributed by atoms with Crippen molar-refractivity contribution in [3.8, 4) is 0 Å². The molecule has 2 aliphatic carbocycles. The van der Waals surface area contributed by atoms with Crippen molar-refractivity contribution in [1.29, 1.82) is 0 Å². The molecule has 0 radical (unpaired) electrons. The Bertz CT molecular complexity index is 742. The molecule has 28 heavy (non-hydrogen) atoms. The summed E-state index contributed by atoms with van der Waals surface area (Å²) in [6.45, 7) is 29.3. The van der Waals surface area contributed by atoms with Gasteiger partial charge in [-0.15, -0.1) is 0 Å². The van der Waals surface area contributed by atoms with Gasteiger partial charge in [-0.3, -0.25) is 0 Å². The lowest BCUT2D eigenvalue weighted by molar-refractivity contribution is 0.513. The molecular formula is C24H42OSi3. The first-order valence-corrected chi connectivity index (χ1v) is 19.9. The molecule has 0 bridgehead atoms. The van der Waals surface area contributed by atoms with Gasteiger partial charge in [-0.05, 0) is 48.2 Å². The maximum absolute atomic E-state index is 7.24. The first kappa shape index (κ1) is 22.3. The molecule has 156 valence electrons. The Morgan fingerprint density at radius 2 is 0.964 bits per heavy atom. The van der Waals surface area contributed by atoms with Gasteiger partial charge in [0, 0.05) is 11.1 Å². The fraction of sp³-hybridized carbons (Fsp3) is 0.667. The Hall–Kier alpha value is -0.429. The van der Waals surface area contributed by atoms with Crippen molar-refractivity contribution in [2.75, 3.05) is 0 Å². The summed E-state index contributed by atoms with van der Waals surface area (Å²) in [5.41, 5.74) is 4.53. The van der Waals surface area contributed by atoms with E-state index in [1.807, 2.05) is 0 Å². The minimum Gasteiger partial charge on any atom is -0.454 e. The lowest BCUT2D eigenvalue weighted by Crippen LogP contribution is -2.56. The van der Waals surface area contributed by atoms with E-state index in [-0.39, 0.29) is 10.8 Å². The van der Waals surface area contributed by atoms with Gasteiger partial charge in [0.25, 0.3) is 0 Å². The number of hydrogen-bond acceptors (Lipinski definition) is 1. The number of allylic oxidation sites excluding steroid dienone is 8. The molecule has 1 heterocycles. The van der Waals surface area contributed by atoms with Crippen LogP contribution in [-0.2, 0) is 4.12 Å². The van der Waals surface area contributed by atoms with Crippen molar-refractivity contribution < 1.29 is 4.12 Å². The summed E-state index contributed by atoms with van der Waals surface area (Å²) in [5.74, 6) is 0. The van der Waals surface area contributed by atoms with Crippen LogP contribution < -0.4 is 0 Å². The summed E-state index contributed by atoms with van der Waals surface area (Å²) in [6, 6.07) is 0. The molecule has 2 atom stereocenters. The number of hydrogen-bond donors (Lipinski definition) is 0. The molecule has 3 rings (SSSR count). The largest absolute Gasteiger partial charge is 0.454 e. The molecule has 0 N–H and O–H groups in total. The Morgan fingerprint density at radius 1 is 0.643 bits per heavy atom. The Kier molecular flexibility index (Phi) is 5.00. The Balaban J connectivity index is 2.23. The van der Waals surface area contributed by atoms with Crippen LogP contribution in [0.25, 0.3) is 0 Å². The zero-order valence-electron chi connectivity index (χ0n) is 20.4. The van der Waals surface area contributed by atoms with Gasteiger partial charge in [0.15, 0.2) is 16.6 Å². The highest BCUT2D eigenvalue weighted by molar-refractivity contribution is 6.98. The number of rotatable bonds is 0. The van der Waals surface area contributed by atoms with Crippen molar-refractivity contribution in [1.82, 2.24) is 0 Å². The van der Waals surface area contributed by atoms with E-state index in [1.165, 1.54) is 11.1 Å². The minimum absolute atomic E-state index is 0.203. The molecule has 0 saturated carbocycles. The first-order valence-electron chi connectivity index (χ1n) is 11.0. The molecule has 0 spiro atoms. The quantitative estimate of drug-likeness (QED) is 0.356. The molecule has 1 nitrogen and oxygen atoms in total. The molecule has 0 aromatic rings. The second-order valence-corrected chi connectivity index (χ2v) is 25.7. The molecule has 0 amide bonds. The molecule has 0 aromatic carbocycles. The van der Waals surface area contributed by atoms with E-state index < -0.39 is 24.7 Å². The van der Waals surface area contributed by atoms with Crippen molar-refractivity contribution in [2.24, 2.45) is 10.8 Å². The predicted molar refractivity (Wildman–Crippen MR) is 132 cm³/mol.